The summed E-state index contributed by atoms with van der Waals surface area (Å²) in [7, 11) is 0. The summed E-state index contributed by atoms with van der Waals surface area (Å²) in [4.78, 5) is 16.8. The van der Waals surface area contributed by atoms with Crippen LogP contribution in [0.2, 0.25) is 0 Å². The van der Waals surface area contributed by atoms with Gasteiger partial charge in [-0.3, -0.25) is 14.3 Å². The lowest BCUT2D eigenvalue weighted by Gasteiger charge is -2.11. The van der Waals surface area contributed by atoms with Crippen LogP contribution in [-0.2, 0) is 12.3 Å². The van der Waals surface area contributed by atoms with Crippen molar-refractivity contribution >= 4 is 23.4 Å². The normalized spacial score (nSPS) is 10.9. The monoisotopic (exact) mass is 505 g/mol. The van der Waals surface area contributed by atoms with Crippen LogP contribution in [0.5, 0.6) is 0 Å². The molecule has 0 fully saturated rings. The van der Waals surface area contributed by atoms with Crippen LogP contribution in [0.25, 0.3) is 11.4 Å². The molecule has 2 heterocycles. The van der Waals surface area contributed by atoms with Gasteiger partial charge >= 0.3 is 0 Å². The van der Waals surface area contributed by atoms with Crippen molar-refractivity contribution in [2.75, 3.05) is 5.32 Å². The van der Waals surface area contributed by atoms with Crippen LogP contribution in [-0.4, -0.2) is 25.7 Å². The molecule has 184 valence electrons. The van der Waals surface area contributed by atoms with Crippen molar-refractivity contribution in [2.45, 2.75) is 31.3 Å². The number of benzene rings is 3. The molecule has 2 aromatic heterocycles. The number of hydrogen-bond donors (Lipinski definition) is 1. The number of aryl methyl sites for hydroxylation is 2. The molecule has 7 heteroatoms. The summed E-state index contributed by atoms with van der Waals surface area (Å²) < 4.78 is 2.14. The van der Waals surface area contributed by atoms with E-state index in [1.165, 1.54) is 11.1 Å². The van der Waals surface area contributed by atoms with Crippen LogP contribution in [0.1, 0.15) is 32.6 Å². The van der Waals surface area contributed by atoms with Crippen LogP contribution in [0.4, 0.5) is 5.69 Å². The molecule has 0 atom stereocenters. The summed E-state index contributed by atoms with van der Waals surface area (Å²) in [5, 5.41) is 12.8. The van der Waals surface area contributed by atoms with Crippen molar-refractivity contribution in [3.8, 4) is 11.4 Å². The standard InChI is InChI=1S/C30H27N5OS/c1-21-8-13-27(18-22(21)2)32-29(36)26-11-9-24(10-12-26)20-37-30-34-33-28(25-14-16-31-17-15-25)35(30)19-23-6-4-3-5-7-23/h3-18H,19-20H2,1-2H3,(H,32,36). The van der Waals surface area contributed by atoms with Gasteiger partial charge in [0, 0.05) is 35.0 Å². The smallest absolute Gasteiger partial charge is 0.255 e. The Morgan fingerprint density at radius 2 is 1.59 bits per heavy atom. The zero-order valence-corrected chi connectivity index (χ0v) is 21.6. The predicted molar refractivity (Wildman–Crippen MR) is 149 cm³/mol. The van der Waals surface area contributed by atoms with E-state index in [1.807, 2.05) is 79.7 Å². The van der Waals surface area contributed by atoms with Gasteiger partial charge in [-0.05, 0) is 72.5 Å². The summed E-state index contributed by atoms with van der Waals surface area (Å²) in [5.41, 5.74) is 7.04. The summed E-state index contributed by atoms with van der Waals surface area (Å²) in [6.45, 7) is 4.77. The van der Waals surface area contributed by atoms with Gasteiger partial charge in [-0.25, -0.2) is 0 Å². The number of rotatable bonds is 8. The second-order valence-corrected chi connectivity index (χ2v) is 9.80. The Morgan fingerprint density at radius 1 is 0.838 bits per heavy atom. The van der Waals surface area contributed by atoms with E-state index < -0.39 is 0 Å². The van der Waals surface area contributed by atoms with Crippen LogP contribution in [0.3, 0.4) is 0 Å². The molecule has 5 rings (SSSR count). The van der Waals surface area contributed by atoms with Crippen LogP contribution < -0.4 is 5.32 Å². The number of amides is 1. The van der Waals surface area contributed by atoms with E-state index in [-0.39, 0.29) is 5.91 Å². The van der Waals surface area contributed by atoms with E-state index in [0.29, 0.717) is 17.9 Å². The Balaban J connectivity index is 1.29. The van der Waals surface area contributed by atoms with E-state index in [9.17, 15) is 4.79 Å². The third kappa shape index (κ3) is 5.95. The fourth-order valence-electron chi connectivity index (χ4n) is 3.94. The molecule has 37 heavy (non-hydrogen) atoms. The molecule has 5 aromatic rings. The van der Waals surface area contributed by atoms with Gasteiger partial charge in [-0.2, -0.15) is 0 Å². The lowest BCUT2D eigenvalue weighted by Crippen LogP contribution is -2.12. The number of hydrogen-bond acceptors (Lipinski definition) is 5. The van der Waals surface area contributed by atoms with E-state index in [2.05, 4.69) is 44.1 Å². The first kappa shape index (κ1) is 24.5. The van der Waals surface area contributed by atoms with Crippen molar-refractivity contribution in [3.05, 3.63) is 125 Å². The van der Waals surface area contributed by atoms with Gasteiger partial charge in [-0.1, -0.05) is 60.3 Å². The largest absolute Gasteiger partial charge is 0.322 e. The quantitative estimate of drug-likeness (QED) is 0.242. The fraction of sp³-hybridized carbons (Fsp3) is 0.133. The SMILES string of the molecule is Cc1ccc(NC(=O)c2ccc(CSc3nnc(-c4ccncc4)n3Cc3ccccc3)cc2)cc1C. The Hall–Kier alpha value is -4.23. The zero-order chi connectivity index (χ0) is 25.6. The van der Waals surface area contributed by atoms with Gasteiger partial charge in [0.25, 0.3) is 5.91 Å². The summed E-state index contributed by atoms with van der Waals surface area (Å²) in [6.07, 6.45) is 3.53. The number of pyridine rings is 1. The molecule has 0 saturated carbocycles. The third-order valence-electron chi connectivity index (χ3n) is 6.19. The molecule has 0 aliphatic heterocycles. The number of anilines is 1. The van der Waals surface area contributed by atoms with Crippen molar-refractivity contribution in [1.82, 2.24) is 19.7 Å². The molecule has 0 unspecified atom stereocenters. The maximum atomic E-state index is 12.7. The number of nitrogens with one attached hydrogen (secondary N) is 1. The minimum absolute atomic E-state index is 0.118. The summed E-state index contributed by atoms with van der Waals surface area (Å²) in [6, 6.07) is 27.8. The van der Waals surface area contributed by atoms with Gasteiger partial charge in [-0.15, -0.1) is 10.2 Å². The van der Waals surface area contributed by atoms with Crippen LogP contribution in [0.15, 0.2) is 102 Å². The molecule has 0 spiro atoms. The number of thioether (sulfide) groups is 1. The van der Waals surface area contributed by atoms with Gasteiger partial charge in [0.05, 0.1) is 6.54 Å². The molecule has 3 aromatic carbocycles. The molecular formula is C30H27N5OS. The zero-order valence-electron chi connectivity index (χ0n) is 20.8. The molecule has 0 radical (unpaired) electrons. The number of nitrogens with zero attached hydrogens (tertiary/aromatic N) is 4. The van der Waals surface area contributed by atoms with Crippen molar-refractivity contribution in [2.24, 2.45) is 0 Å². The Bertz CT molecular complexity index is 1500. The third-order valence-corrected chi connectivity index (χ3v) is 7.23. The highest BCUT2D eigenvalue weighted by Crippen LogP contribution is 2.27. The maximum Gasteiger partial charge on any atom is 0.255 e. The lowest BCUT2D eigenvalue weighted by molar-refractivity contribution is 0.102. The average molecular weight is 506 g/mol. The molecule has 1 N–H and O–H groups in total. The minimum Gasteiger partial charge on any atom is -0.322 e. The molecule has 0 bridgehead atoms. The molecular weight excluding hydrogens is 478 g/mol. The molecule has 6 nitrogen and oxygen atoms in total. The number of carbonyl (C=O) groups excluding carboxylic acids is 1. The lowest BCUT2D eigenvalue weighted by atomic mass is 10.1. The molecule has 0 aliphatic carbocycles. The van der Waals surface area contributed by atoms with E-state index in [4.69, 9.17) is 0 Å². The fourth-order valence-corrected chi connectivity index (χ4v) is 4.83. The van der Waals surface area contributed by atoms with Crippen LogP contribution >= 0.6 is 11.8 Å². The van der Waals surface area contributed by atoms with E-state index >= 15 is 0 Å². The Kier molecular flexibility index (Phi) is 7.42. The highest BCUT2D eigenvalue weighted by molar-refractivity contribution is 7.98. The topological polar surface area (TPSA) is 72.7 Å². The van der Waals surface area contributed by atoms with E-state index in [1.54, 1.807) is 24.2 Å². The summed E-state index contributed by atoms with van der Waals surface area (Å²) in [5.74, 6) is 1.40. The maximum absolute atomic E-state index is 12.7. The summed E-state index contributed by atoms with van der Waals surface area (Å²) >= 11 is 1.63. The average Bonchev–Trinajstić information content (AvgIpc) is 3.33. The van der Waals surface area contributed by atoms with Crippen molar-refractivity contribution in [3.63, 3.8) is 0 Å². The highest BCUT2D eigenvalue weighted by Gasteiger charge is 2.15. The van der Waals surface area contributed by atoms with Gasteiger partial charge in [0.1, 0.15) is 0 Å². The van der Waals surface area contributed by atoms with Gasteiger partial charge < -0.3 is 5.32 Å². The molecule has 0 saturated heterocycles. The minimum atomic E-state index is -0.118. The van der Waals surface area contributed by atoms with Crippen molar-refractivity contribution in [1.29, 1.82) is 0 Å². The number of carbonyl (C=O) groups is 1. The first-order valence-electron chi connectivity index (χ1n) is 12.0. The molecule has 0 aliphatic rings. The molecule has 1 amide bonds. The number of aromatic nitrogens is 4. The Labute approximate surface area is 220 Å². The first-order chi connectivity index (χ1) is 18.1. The second kappa shape index (κ2) is 11.2. The van der Waals surface area contributed by atoms with E-state index in [0.717, 1.165) is 33.4 Å². The first-order valence-corrected chi connectivity index (χ1v) is 13.0. The van der Waals surface area contributed by atoms with Gasteiger partial charge in [0.15, 0.2) is 11.0 Å². The second-order valence-electron chi connectivity index (χ2n) is 8.85. The Morgan fingerprint density at radius 3 is 2.32 bits per heavy atom. The van der Waals surface area contributed by atoms with Gasteiger partial charge in [0.2, 0.25) is 0 Å². The van der Waals surface area contributed by atoms with Crippen molar-refractivity contribution < 1.29 is 4.79 Å². The highest BCUT2D eigenvalue weighted by atomic mass is 32.2. The van der Waals surface area contributed by atoms with Crippen LogP contribution in [0, 0.1) is 13.8 Å². The predicted octanol–water partition coefficient (Wildman–Crippen LogP) is 6.55.